The van der Waals surface area contributed by atoms with Crippen LogP contribution >= 0.6 is 11.3 Å². The minimum Gasteiger partial charge on any atom is -0.356 e. The van der Waals surface area contributed by atoms with Crippen LogP contribution in [0, 0.1) is 0 Å². The number of aliphatic imine (C=N–C) groups is 1. The van der Waals surface area contributed by atoms with Crippen molar-refractivity contribution in [2.45, 2.75) is 45.1 Å². The lowest BCUT2D eigenvalue weighted by Crippen LogP contribution is -2.39. The van der Waals surface area contributed by atoms with Crippen molar-refractivity contribution in [2.24, 2.45) is 4.99 Å². The van der Waals surface area contributed by atoms with Crippen LogP contribution in [0.15, 0.2) is 22.5 Å². The molecule has 2 aromatic heterocycles. The first-order valence-corrected chi connectivity index (χ1v) is 9.62. The van der Waals surface area contributed by atoms with E-state index >= 15 is 0 Å². The molecule has 0 saturated heterocycles. The molecule has 0 fully saturated rings. The molecule has 0 spiro atoms. The number of aryl methyl sites for hydroxylation is 1. The first kappa shape index (κ1) is 17.0. The monoisotopic (exact) mass is 346 g/mol. The Bertz CT molecular complexity index is 646. The van der Waals surface area contributed by atoms with Gasteiger partial charge in [0.05, 0.1) is 0 Å². The van der Waals surface area contributed by atoms with Crippen LogP contribution in [0.25, 0.3) is 0 Å². The fourth-order valence-corrected chi connectivity index (χ4v) is 3.71. The molecular weight excluding hydrogens is 320 g/mol. The van der Waals surface area contributed by atoms with Crippen molar-refractivity contribution in [3.8, 4) is 0 Å². The molecule has 2 N–H and O–H groups in total. The van der Waals surface area contributed by atoms with Gasteiger partial charge in [0, 0.05) is 44.4 Å². The van der Waals surface area contributed by atoms with E-state index in [1.54, 1.807) is 11.3 Å². The maximum Gasteiger partial charge on any atom is 0.191 e. The fourth-order valence-electron chi connectivity index (χ4n) is 3.00. The van der Waals surface area contributed by atoms with Gasteiger partial charge in [-0.05, 0) is 30.7 Å². The number of hydrogen-bond acceptors (Lipinski definition) is 4. The van der Waals surface area contributed by atoms with Gasteiger partial charge < -0.3 is 15.2 Å². The van der Waals surface area contributed by atoms with E-state index in [1.807, 2.05) is 7.05 Å². The van der Waals surface area contributed by atoms with Gasteiger partial charge >= 0.3 is 0 Å². The average molecular weight is 347 g/mol. The SMILES string of the molecule is CN=C(NCCc1cccs1)NCCc1nnc2n1CCCCC2. The third-order valence-corrected chi connectivity index (χ3v) is 5.23. The lowest BCUT2D eigenvalue weighted by molar-refractivity contribution is 0.600. The van der Waals surface area contributed by atoms with E-state index in [-0.39, 0.29) is 0 Å². The molecule has 0 amide bonds. The van der Waals surface area contributed by atoms with Gasteiger partial charge in [-0.1, -0.05) is 12.5 Å². The van der Waals surface area contributed by atoms with Crippen LogP contribution in [0.4, 0.5) is 0 Å². The van der Waals surface area contributed by atoms with Gasteiger partial charge in [0.15, 0.2) is 5.96 Å². The smallest absolute Gasteiger partial charge is 0.191 e. The summed E-state index contributed by atoms with van der Waals surface area (Å²) in [6, 6.07) is 4.26. The molecule has 7 heteroatoms. The Hall–Kier alpha value is -1.89. The van der Waals surface area contributed by atoms with E-state index in [4.69, 9.17) is 0 Å². The summed E-state index contributed by atoms with van der Waals surface area (Å²) >= 11 is 1.79. The Morgan fingerprint density at radius 3 is 2.88 bits per heavy atom. The standard InChI is InChI=1S/C17H26N6S/c1-18-17(19-10-8-14-6-5-13-24-14)20-11-9-16-22-21-15-7-3-2-4-12-23(15)16/h5-6,13H,2-4,7-12H2,1H3,(H2,18,19,20). The molecule has 0 unspecified atom stereocenters. The molecule has 2 aromatic rings. The number of fused-ring (bicyclic) bond motifs is 1. The summed E-state index contributed by atoms with van der Waals surface area (Å²) in [6.07, 6.45) is 6.72. The summed E-state index contributed by atoms with van der Waals surface area (Å²) in [6.45, 7) is 2.77. The fraction of sp³-hybridized carbons (Fsp3) is 0.588. The lowest BCUT2D eigenvalue weighted by atomic mass is 10.2. The van der Waals surface area contributed by atoms with Crippen LogP contribution < -0.4 is 10.6 Å². The quantitative estimate of drug-likeness (QED) is 0.620. The Labute approximate surface area is 147 Å². The number of aromatic nitrogens is 3. The highest BCUT2D eigenvalue weighted by Gasteiger charge is 2.14. The summed E-state index contributed by atoms with van der Waals surface area (Å²) in [7, 11) is 1.81. The lowest BCUT2D eigenvalue weighted by Gasteiger charge is -2.12. The van der Waals surface area contributed by atoms with Gasteiger partial charge in [-0.3, -0.25) is 4.99 Å². The second-order valence-electron chi connectivity index (χ2n) is 6.00. The van der Waals surface area contributed by atoms with Crippen molar-refractivity contribution in [2.75, 3.05) is 20.1 Å². The largest absolute Gasteiger partial charge is 0.356 e. The second kappa shape index (κ2) is 8.82. The number of nitrogens with one attached hydrogen (secondary N) is 2. The molecule has 3 heterocycles. The summed E-state index contributed by atoms with van der Waals surface area (Å²) < 4.78 is 2.31. The van der Waals surface area contributed by atoms with E-state index < -0.39 is 0 Å². The van der Waals surface area contributed by atoms with Crippen molar-refractivity contribution >= 4 is 17.3 Å². The van der Waals surface area contributed by atoms with E-state index in [9.17, 15) is 0 Å². The van der Waals surface area contributed by atoms with Crippen LogP contribution in [0.1, 0.15) is 35.8 Å². The number of thiophene rings is 1. The Balaban J connectivity index is 1.42. The molecule has 130 valence electrons. The van der Waals surface area contributed by atoms with E-state index in [0.717, 1.165) is 56.5 Å². The first-order valence-electron chi connectivity index (χ1n) is 8.74. The molecule has 0 bridgehead atoms. The highest BCUT2D eigenvalue weighted by atomic mass is 32.1. The van der Waals surface area contributed by atoms with Crippen LogP contribution in [-0.4, -0.2) is 40.9 Å². The topological polar surface area (TPSA) is 67.1 Å². The minimum absolute atomic E-state index is 0.816. The highest BCUT2D eigenvalue weighted by molar-refractivity contribution is 7.09. The summed E-state index contributed by atoms with van der Waals surface area (Å²) in [5.41, 5.74) is 0. The maximum absolute atomic E-state index is 4.37. The molecule has 0 radical (unpaired) electrons. The zero-order valence-electron chi connectivity index (χ0n) is 14.3. The van der Waals surface area contributed by atoms with E-state index in [1.165, 1.54) is 24.1 Å². The van der Waals surface area contributed by atoms with Gasteiger partial charge in [-0.2, -0.15) is 0 Å². The zero-order chi connectivity index (χ0) is 16.6. The molecule has 1 aliphatic rings. The maximum atomic E-state index is 4.37. The Kier molecular flexibility index (Phi) is 6.23. The molecule has 0 aromatic carbocycles. The normalized spacial score (nSPS) is 15.0. The third kappa shape index (κ3) is 4.56. The van der Waals surface area contributed by atoms with Crippen LogP contribution in [-0.2, 0) is 25.8 Å². The van der Waals surface area contributed by atoms with Crippen LogP contribution in [0.5, 0.6) is 0 Å². The van der Waals surface area contributed by atoms with Crippen molar-refractivity contribution in [3.63, 3.8) is 0 Å². The summed E-state index contributed by atoms with van der Waals surface area (Å²) in [4.78, 5) is 5.68. The molecule has 24 heavy (non-hydrogen) atoms. The molecule has 3 rings (SSSR count). The van der Waals surface area contributed by atoms with Gasteiger partial charge in [0.2, 0.25) is 0 Å². The van der Waals surface area contributed by atoms with Crippen molar-refractivity contribution in [1.82, 2.24) is 25.4 Å². The Morgan fingerprint density at radius 2 is 2.08 bits per heavy atom. The predicted octanol–water partition coefficient (Wildman–Crippen LogP) is 2.02. The van der Waals surface area contributed by atoms with Crippen molar-refractivity contribution < 1.29 is 0 Å². The van der Waals surface area contributed by atoms with E-state index in [2.05, 4.69) is 47.9 Å². The average Bonchev–Trinajstić information content (AvgIpc) is 3.18. The predicted molar refractivity (Wildman–Crippen MR) is 98.7 cm³/mol. The molecule has 0 aliphatic carbocycles. The van der Waals surface area contributed by atoms with Crippen molar-refractivity contribution in [1.29, 1.82) is 0 Å². The third-order valence-electron chi connectivity index (χ3n) is 4.29. The zero-order valence-corrected chi connectivity index (χ0v) is 15.1. The Morgan fingerprint density at radius 1 is 1.21 bits per heavy atom. The first-order chi connectivity index (χ1) is 11.9. The molecule has 6 nitrogen and oxygen atoms in total. The number of guanidine groups is 1. The number of hydrogen-bond donors (Lipinski definition) is 2. The summed E-state index contributed by atoms with van der Waals surface area (Å²) in [5, 5.41) is 17.6. The summed E-state index contributed by atoms with van der Waals surface area (Å²) in [5.74, 6) is 3.09. The molecule has 1 aliphatic heterocycles. The molecule has 0 atom stereocenters. The van der Waals surface area contributed by atoms with E-state index in [0.29, 0.717) is 0 Å². The second-order valence-corrected chi connectivity index (χ2v) is 7.03. The van der Waals surface area contributed by atoms with Gasteiger partial charge in [-0.25, -0.2) is 0 Å². The highest BCUT2D eigenvalue weighted by Crippen LogP contribution is 2.14. The minimum atomic E-state index is 0.816. The van der Waals surface area contributed by atoms with Crippen molar-refractivity contribution in [3.05, 3.63) is 34.0 Å². The molecule has 0 saturated carbocycles. The van der Waals surface area contributed by atoms with Gasteiger partial charge in [-0.15, -0.1) is 21.5 Å². The molecular formula is C17H26N6S. The number of nitrogens with zero attached hydrogens (tertiary/aromatic N) is 4. The number of rotatable bonds is 6. The van der Waals surface area contributed by atoms with Crippen LogP contribution in [0.3, 0.4) is 0 Å². The van der Waals surface area contributed by atoms with Crippen LogP contribution in [0.2, 0.25) is 0 Å². The van der Waals surface area contributed by atoms with Gasteiger partial charge in [0.25, 0.3) is 0 Å². The van der Waals surface area contributed by atoms with Gasteiger partial charge in [0.1, 0.15) is 11.6 Å².